The van der Waals surface area contributed by atoms with Gasteiger partial charge in [0, 0.05) is 12.2 Å². The van der Waals surface area contributed by atoms with Crippen molar-refractivity contribution in [3.8, 4) is 0 Å². The molecular formula is C9H15NO. The minimum atomic E-state index is 0.648. The maximum absolute atomic E-state index is 10.4. The summed E-state index contributed by atoms with van der Waals surface area (Å²) in [5, 5.41) is 0. The van der Waals surface area contributed by atoms with Gasteiger partial charge < -0.3 is 4.90 Å². The van der Waals surface area contributed by atoms with Crippen molar-refractivity contribution in [2.24, 2.45) is 0 Å². The van der Waals surface area contributed by atoms with E-state index in [-0.39, 0.29) is 0 Å². The Morgan fingerprint density at radius 3 is 2.36 bits per heavy atom. The quantitative estimate of drug-likeness (QED) is 0.446. The Balaban J connectivity index is 4.09. The van der Waals surface area contributed by atoms with Crippen molar-refractivity contribution < 1.29 is 4.79 Å². The Morgan fingerprint density at radius 1 is 1.55 bits per heavy atom. The van der Waals surface area contributed by atoms with Gasteiger partial charge in [-0.25, -0.2) is 0 Å². The van der Waals surface area contributed by atoms with Gasteiger partial charge in [-0.1, -0.05) is 18.2 Å². The van der Waals surface area contributed by atoms with Crippen molar-refractivity contribution in [2.75, 3.05) is 6.54 Å². The molecule has 0 aliphatic rings. The second-order valence-corrected chi connectivity index (χ2v) is 2.60. The van der Waals surface area contributed by atoms with Crippen LogP contribution in [-0.2, 0) is 4.79 Å². The Labute approximate surface area is 68.2 Å². The van der Waals surface area contributed by atoms with Gasteiger partial charge in [0.25, 0.3) is 0 Å². The third-order valence-corrected chi connectivity index (χ3v) is 1.53. The summed E-state index contributed by atoms with van der Waals surface area (Å²) in [4.78, 5) is 12.0. The molecule has 0 aromatic carbocycles. The molecule has 11 heavy (non-hydrogen) atoms. The van der Waals surface area contributed by atoms with Crippen LogP contribution >= 0.6 is 0 Å². The first kappa shape index (κ1) is 9.95. The van der Waals surface area contributed by atoms with Crippen molar-refractivity contribution in [1.29, 1.82) is 0 Å². The van der Waals surface area contributed by atoms with Crippen molar-refractivity contribution in [3.63, 3.8) is 0 Å². The van der Waals surface area contributed by atoms with Crippen molar-refractivity contribution in [1.82, 2.24) is 4.90 Å². The highest BCUT2D eigenvalue weighted by molar-refractivity contribution is 5.51. The van der Waals surface area contributed by atoms with Crippen LogP contribution in [0.4, 0.5) is 0 Å². The molecule has 0 aliphatic heterocycles. The number of carbonyl (C=O) groups excluding carboxylic acids is 1. The Bertz CT molecular complexity index is 182. The van der Waals surface area contributed by atoms with Gasteiger partial charge in [-0.3, -0.25) is 4.79 Å². The molecule has 0 bridgehead atoms. The van der Waals surface area contributed by atoms with Gasteiger partial charge in [-0.2, -0.15) is 0 Å². The van der Waals surface area contributed by atoms with Gasteiger partial charge in [-0.15, -0.1) is 0 Å². The fraction of sp³-hybridized carbons (Fsp3) is 0.444. The molecule has 2 heteroatoms. The van der Waals surface area contributed by atoms with Gasteiger partial charge >= 0.3 is 0 Å². The van der Waals surface area contributed by atoms with E-state index in [9.17, 15) is 4.79 Å². The lowest BCUT2D eigenvalue weighted by atomic mass is 10.2. The van der Waals surface area contributed by atoms with Crippen LogP contribution in [0.2, 0.25) is 0 Å². The molecule has 0 aliphatic carbocycles. The van der Waals surface area contributed by atoms with Crippen LogP contribution in [0.25, 0.3) is 0 Å². The lowest BCUT2D eigenvalue weighted by Gasteiger charge is -2.16. The van der Waals surface area contributed by atoms with E-state index in [1.54, 1.807) is 4.90 Å². The smallest absolute Gasteiger partial charge is 0.214 e. The summed E-state index contributed by atoms with van der Waals surface area (Å²) in [6.07, 6.45) is 2.79. The van der Waals surface area contributed by atoms with Crippen molar-refractivity contribution in [3.05, 3.63) is 23.9 Å². The predicted molar refractivity (Wildman–Crippen MR) is 47.0 cm³/mol. The standard InChI is InChI=1S/C9H15NO/c1-5-9(4)6-10(7-11)8(2)3/h5,7H,2,6H2,1,3-4H3/b9-5+. The normalized spacial score (nSPS) is 11.0. The van der Waals surface area contributed by atoms with Crippen LogP contribution in [0.1, 0.15) is 20.8 Å². The summed E-state index contributed by atoms with van der Waals surface area (Å²) in [6, 6.07) is 0. The summed E-state index contributed by atoms with van der Waals surface area (Å²) in [6.45, 7) is 10.1. The maximum Gasteiger partial charge on any atom is 0.214 e. The molecule has 0 saturated heterocycles. The van der Waals surface area contributed by atoms with E-state index in [4.69, 9.17) is 0 Å². The van der Waals surface area contributed by atoms with E-state index in [2.05, 4.69) is 6.58 Å². The van der Waals surface area contributed by atoms with Gasteiger partial charge in [0.15, 0.2) is 0 Å². The second kappa shape index (κ2) is 4.72. The molecule has 0 N–H and O–H groups in total. The largest absolute Gasteiger partial charge is 0.316 e. The predicted octanol–water partition coefficient (Wildman–Crippen LogP) is 1.94. The summed E-state index contributed by atoms with van der Waals surface area (Å²) in [5.41, 5.74) is 1.95. The number of rotatable bonds is 4. The Morgan fingerprint density at radius 2 is 2.09 bits per heavy atom. The van der Waals surface area contributed by atoms with Crippen LogP contribution in [0.15, 0.2) is 23.9 Å². The summed E-state index contributed by atoms with van der Waals surface area (Å²) in [5.74, 6) is 0. The number of amides is 1. The van der Waals surface area contributed by atoms with E-state index < -0.39 is 0 Å². The average Bonchev–Trinajstić information content (AvgIpc) is 1.99. The zero-order valence-electron chi connectivity index (χ0n) is 7.42. The number of hydrogen-bond donors (Lipinski definition) is 0. The van der Waals surface area contributed by atoms with Crippen molar-refractivity contribution >= 4 is 6.41 Å². The van der Waals surface area contributed by atoms with Crippen LogP contribution in [-0.4, -0.2) is 17.9 Å². The molecule has 0 spiro atoms. The van der Waals surface area contributed by atoms with E-state index in [1.165, 1.54) is 5.57 Å². The van der Waals surface area contributed by atoms with E-state index in [1.807, 2.05) is 26.8 Å². The third kappa shape index (κ3) is 3.61. The van der Waals surface area contributed by atoms with Gasteiger partial charge in [0.2, 0.25) is 6.41 Å². The summed E-state index contributed by atoms with van der Waals surface area (Å²) >= 11 is 0. The van der Waals surface area contributed by atoms with Crippen LogP contribution in [0.5, 0.6) is 0 Å². The highest BCUT2D eigenvalue weighted by Gasteiger charge is 2.00. The van der Waals surface area contributed by atoms with E-state index >= 15 is 0 Å². The molecule has 0 aromatic heterocycles. The minimum absolute atomic E-state index is 0.648. The first-order valence-corrected chi connectivity index (χ1v) is 3.61. The van der Waals surface area contributed by atoms with E-state index in [0.29, 0.717) is 6.54 Å². The molecule has 2 nitrogen and oxygen atoms in total. The molecule has 0 heterocycles. The van der Waals surface area contributed by atoms with Crippen molar-refractivity contribution in [2.45, 2.75) is 20.8 Å². The molecule has 1 amide bonds. The molecule has 0 atom stereocenters. The number of nitrogens with zero attached hydrogens (tertiary/aromatic N) is 1. The Hall–Kier alpha value is -1.05. The topological polar surface area (TPSA) is 20.3 Å². The monoisotopic (exact) mass is 153 g/mol. The summed E-state index contributed by atoms with van der Waals surface area (Å²) < 4.78 is 0. The van der Waals surface area contributed by atoms with Gasteiger partial charge in [0.1, 0.15) is 0 Å². The van der Waals surface area contributed by atoms with Crippen LogP contribution < -0.4 is 0 Å². The van der Waals surface area contributed by atoms with Gasteiger partial charge in [0.05, 0.1) is 0 Å². The maximum atomic E-state index is 10.4. The zero-order chi connectivity index (χ0) is 8.85. The summed E-state index contributed by atoms with van der Waals surface area (Å²) in [7, 11) is 0. The SMILES string of the molecule is C=C(C)N(C=O)C/C(C)=C/C. The molecule has 62 valence electrons. The number of hydrogen-bond acceptors (Lipinski definition) is 1. The minimum Gasteiger partial charge on any atom is -0.316 e. The number of allylic oxidation sites excluding steroid dienone is 2. The van der Waals surface area contributed by atoms with Crippen LogP contribution in [0.3, 0.4) is 0 Å². The molecule has 0 radical (unpaired) electrons. The lowest BCUT2D eigenvalue weighted by Crippen LogP contribution is -2.20. The molecule has 0 aromatic rings. The zero-order valence-corrected chi connectivity index (χ0v) is 7.42. The fourth-order valence-electron chi connectivity index (χ4n) is 0.622. The second-order valence-electron chi connectivity index (χ2n) is 2.60. The van der Waals surface area contributed by atoms with Gasteiger partial charge in [-0.05, 0) is 20.8 Å². The fourth-order valence-corrected chi connectivity index (χ4v) is 0.622. The average molecular weight is 153 g/mol. The first-order valence-electron chi connectivity index (χ1n) is 3.61. The molecule has 0 fully saturated rings. The number of carbonyl (C=O) groups is 1. The molecule has 0 rings (SSSR count). The van der Waals surface area contributed by atoms with E-state index in [0.717, 1.165) is 12.1 Å². The van der Waals surface area contributed by atoms with Crippen LogP contribution in [0, 0.1) is 0 Å². The first-order chi connectivity index (χ1) is 5.11. The third-order valence-electron chi connectivity index (χ3n) is 1.53. The molecule has 0 saturated carbocycles. The highest BCUT2D eigenvalue weighted by Crippen LogP contribution is 2.01. The molecular weight excluding hydrogens is 138 g/mol. The molecule has 0 unspecified atom stereocenters. The highest BCUT2D eigenvalue weighted by atomic mass is 16.1. The Kier molecular flexibility index (Phi) is 4.27. The lowest BCUT2D eigenvalue weighted by molar-refractivity contribution is -0.116.